The van der Waals surface area contributed by atoms with Crippen LogP contribution in [-0.4, -0.2) is 11.8 Å². The number of allylic oxidation sites excluding steroid dienone is 1. The van der Waals surface area contributed by atoms with E-state index in [2.05, 4.69) is 25.0 Å². The highest BCUT2D eigenvalue weighted by Gasteiger charge is 2.25. The zero-order chi connectivity index (χ0) is 11.5. The van der Waals surface area contributed by atoms with Gasteiger partial charge in [-0.3, -0.25) is 4.79 Å². The van der Waals surface area contributed by atoms with Crippen LogP contribution in [0.25, 0.3) is 0 Å². The van der Waals surface area contributed by atoms with Crippen LogP contribution in [0.2, 0.25) is 0 Å². The second-order valence-electron chi connectivity index (χ2n) is 4.22. The van der Waals surface area contributed by atoms with Gasteiger partial charge in [-0.2, -0.15) is 0 Å². The number of hydrogen-bond donors (Lipinski definition) is 1. The molecule has 2 nitrogen and oxygen atoms in total. The van der Waals surface area contributed by atoms with Crippen LogP contribution in [0.5, 0.6) is 0 Å². The quantitative estimate of drug-likeness (QED) is 0.760. The first-order valence-corrected chi connectivity index (χ1v) is 7.07. The summed E-state index contributed by atoms with van der Waals surface area (Å²) in [7, 11) is -0.621. The van der Waals surface area contributed by atoms with Crippen molar-refractivity contribution in [3.8, 4) is 0 Å². The molecule has 84 valence electrons. The maximum atomic E-state index is 12.0. The fraction of sp³-hybridized carbons (Fsp3) is 0.308. The highest BCUT2D eigenvalue weighted by molar-refractivity contribution is 7.78. The minimum Gasteiger partial charge on any atom is -0.322 e. The molecule has 0 saturated heterocycles. The van der Waals surface area contributed by atoms with E-state index >= 15 is 0 Å². The summed E-state index contributed by atoms with van der Waals surface area (Å²) in [5, 5.41) is 2.97. The monoisotopic (exact) mass is 233 g/mol. The Labute approximate surface area is 97.5 Å². The zero-order valence-corrected chi connectivity index (χ0v) is 10.5. The number of anilines is 1. The topological polar surface area (TPSA) is 29.1 Å². The molecule has 3 heteroatoms. The Hall–Kier alpha value is -1.14. The van der Waals surface area contributed by atoms with E-state index in [4.69, 9.17) is 0 Å². The van der Waals surface area contributed by atoms with Crippen molar-refractivity contribution in [1.82, 2.24) is 0 Å². The minimum absolute atomic E-state index is 0.171. The average molecular weight is 233 g/mol. The van der Waals surface area contributed by atoms with Gasteiger partial charge in [0, 0.05) is 13.6 Å². The van der Waals surface area contributed by atoms with Crippen molar-refractivity contribution in [3.05, 3.63) is 41.7 Å². The van der Waals surface area contributed by atoms with Gasteiger partial charge in [0.05, 0.1) is 0 Å². The molecule has 0 spiro atoms. The van der Waals surface area contributed by atoms with E-state index in [1.165, 1.54) is 5.57 Å². The van der Waals surface area contributed by atoms with Crippen molar-refractivity contribution in [1.29, 1.82) is 0 Å². The van der Waals surface area contributed by atoms with E-state index in [0.717, 1.165) is 11.8 Å². The molecule has 0 fully saturated rings. The van der Waals surface area contributed by atoms with E-state index in [9.17, 15) is 4.79 Å². The molecule has 2 rings (SSSR count). The summed E-state index contributed by atoms with van der Waals surface area (Å²) in [4.78, 5) is 12.0. The Balaban J connectivity index is 2.00. The molecule has 1 aliphatic rings. The number of rotatable bonds is 2. The SMILES string of the molecule is CC1=CP(C(=O)Nc2ccccc2)CC1C. The van der Waals surface area contributed by atoms with Gasteiger partial charge < -0.3 is 5.32 Å². The van der Waals surface area contributed by atoms with Gasteiger partial charge in [0.2, 0.25) is 5.65 Å². The second kappa shape index (κ2) is 4.80. The number of benzene rings is 1. The highest BCUT2D eigenvalue weighted by Crippen LogP contribution is 2.49. The molecule has 0 aliphatic carbocycles. The lowest BCUT2D eigenvalue weighted by Crippen LogP contribution is -2.08. The summed E-state index contributed by atoms with van der Waals surface area (Å²) in [5.41, 5.74) is 2.42. The molecule has 1 aliphatic heterocycles. The fourth-order valence-corrected chi connectivity index (χ4v) is 4.01. The normalized spacial score (nSPS) is 24.0. The van der Waals surface area contributed by atoms with Crippen LogP contribution in [0.1, 0.15) is 13.8 Å². The predicted octanol–water partition coefficient (Wildman–Crippen LogP) is 4.25. The maximum absolute atomic E-state index is 12.0. The van der Waals surface area contributed by atoms with Crippen molar-refractivity contribution in [3.63, 3.8) is 0 Å². The van der Waals surface area contributed by atoms with Crippen LogP contribution in [0.15, 0.2) is 41.7 Å². The largest absolute Gasteiger partial charge is 0.322 e. The molecule has 1 aromatic carbocycles. The molecule has 1 N–H and O–H groups in total. The molecule has 2 unspecified atom stereocenters. The van der Waals surface area contributed by atoms with E-state index in [0.29, 0.717) is 5.92 Å². The van der Waals surface area contributed by atoms with Crippen molar-refractivity contribution < 1.29 is 4.79 Å². The third-order valence-corrected chi connectivity index (χ3v) is 5.19. The summed E-state index contributed by atoms with van der Waals surface area (Å²) < 4.78 is 0. The first-order valence-electron chi connectivity index (χ1n) is 5.48. The van der Waals surface area contributed by atoms with Crippen LogP contribution in [-0.2, 0) is 0 Å². The predicted molar refractivity (Wildman–Crippen MR) is 70.2 cm³/mol. The Bertz CT molecular complexity index is 413. The van der Waals surface area contributed by atoms with Crippen molar-refractivity contribution in [2.45, 2.75) is 13.8 Å². The van der Waals surface area contributed by atoms with Gasteiger partial charge in [-0.1, -0.05) is 36.5 Å². The van der Waals surface area contributed by atoms with Crippen molar-refractivity contribution in [2.24, 2.45) is 5.92 Å². The number of nitrogens with one attached hydrogen (secondary N) is 1. The zero-order valence-electron chi connectivity index (χ0n) is 9.60. The van der Waals surface area contributed by atoms with E-state index in [-0.39, 0.29) is 5.65 Å². The van der Waals surface area contributed by atoms with Crippen LogP contribution >= 0.6 is 7.92 Å². The Morgan fingerprint density at radius 2 is 2.06 bits per heavy atom. The molecule has 0 radical (unpaired) electrons. The Kier molecular flexibility index (Phi) is 3.40. The van der Waals surface area contributed by atoms with Crippen LogP contribution in [0.4, 0.5) is 10.5 Å². The molecular formula is C13H16NOP. The number of carbonyl (C=O) groups excluding carboxylic acids is 1. The van der Waals surface area contributed by atoms with Gasteiger partial charge in [0.1, 0.15) is 0 Å². The van der Waals surface area contributed by atoms with Gasteiger partial charge in [-0.05, 0) is 31.1 Å². The molecule has 2 atom stereocenters. The molecule has 16 heavy (non-hydrogen) atoms. The summed E-state index contributed by atoms with van der Waals surface area (Å²) in [6.07, 6.45) is 1.000. The molecule has 1 heterocycles. The van der Waals surface area contributed by atoms with Gasteiger partial charge in [-0.25, -0.2) is 0 Å². The second-order valence-corrected chi connectivity index (χ2v) is 6.19. The molecule has 0 saturated carbocycles. The maximum Gasteiger partial charge on any atom is 0.249 e. The standard InChI is InChI=1S/C13H16NOP/c1-10-8-16(9-11(10)2)13(15)14-12-6-4-3-5-7-12/h3-8,11H,9H2,1-2H3,(H,14,15). The van der Waals surface area contributed by atoms with Gasteiger partial charge in [0.25, 0.3) is 0 Å². The lowest BCUT2D eigenvalue weighted by atomic mass is 10.1. The lowest BCUT2D eigenvalue weighted by molar-refractivity contribution is 0.269. The number of para-hydroxylation sites is 1. The Morgan fingerprint density at radius 3 is 2.62 bits per heavy atom. The number of carbonyl (C=O) groups is 1. The summed E-state index contributed by atoms with van der Waals surface area (Å²) >= 11 is 0. The van der Waals surface area contributed by atoms with E-state index < -0.39 is 7.92 Å². The molecule has 0 aromatic heterocycles. The number of hydrogen-bond acceptors (Lipinski definition) is 1. The van der Waals surface area contributed by atoms with Crippen LogP contribution < -0.4 is 5.32 Å². The van der Waals surface area contributed by atoms with Gasteiger partial charge >= 0.3 is 0 Å². The average Bonchev–Trinajstić information content (AvgIpc) is 2.61. The minimum atomic E-state index is -0.621. The van der Waals surface area contributed by atoms with Gasteiger partial charge in [0.15, 0.2) is 0 Å². The summed E-state index contributed by atoms with van der Waals surface area (Å²) in [5.74, 6) is 2.71. The molecular weight excluding hydrogens is 217 g/mol. The fourth-order valence-electron chi connectivity index (χ4n) is 1.72. The number of amides is 1. The molecule has 1 aromatic rings. The summed E-state index contributed by atoms with van der Waals surface area (Å²) in [6, 6.07) is 9.65. The molecule has 0 bridgehead atoms. The molecule has 1 amide bonds. The smallest absolute Gasteiger partial charge is 0.249 e. The van der Waals surface area contributed by atoms with Crippen LogP contribution in [0, 0.1) is 5.92 Å². The van der Waals surface area contributed by atoms with Crippen molar-refractivity contribution >= 4 is 19.3 Å². The highest BCUT2D eigenvalue weighted by atomic mass is 31.1. The van der Waals surface area contributed by atoms with Gasteiger partial charge in [-0.15, -0.1) is 0 Å². The van der Waals surface area contributed by atoms with Crippen LogP contribution in [0.3, 0.4) is 0 Å². The van der Waals surface area contributed by atoms with E-state index in [1.807, 2.05) is 30.3 Å². The Morgan fingerprint density at radius 1 is 1.38 bits per heavy atom. The third-order valence-electron chi connectivity index (χ3n) is 2.89. The van der Waals surface area contributed by atoms with Crippen molar-refractivity contribution in [2.75, 3.05) is 11.5 Å². The lowest BCUT2D eigenvalue weighted by Gasteiger charge is -2.10. The third kappa shape index (κ3) is 2.51. The summed E-state index contributed by atoms with van der Waals surface area (Å²) in [6.45, 7) is 4.30. The van der Waals surface area contributed by atoms with E-state index in [1.54, 1.807) is 0 Å². The first kappa shape index (κ1) is 11.3. The first-order chi connectivity index (χ1) is 7.66.